The summed E-state index contributed by atoms with van der Waals surface area (Å²) in [4.78, 5) is 12.2. The predicted octanol–water partition coefficient (Wildman–Crippen LogP) is 4.98. The normalized spacial score (nSPS) is 10.8. The van der Waals surface area contributed by atoms with Gasteiger partial charge in [0.2, 0.25) is 0 Å². The van der Waals surface area contributed by atoms with Crippen molar-refractivity contribution in [1.29, 1.82) is 0 Å². The lowest BCUT2D eigenvalue weighted by atomic mass is 10.1. The maximum Gasteiger partial charge on any atom is 0.259 e. The number of hydrogen-bond acceptors (Lipinski definition) is 4. The van der Waals surface area contributed by atoms with Gasteiger partial charge in [-0.3, -0.25) is 4.79 Å². The van der Waals surface area contributed by atoms with Gasteiger partial charge in [-0.15, -0.1) is 0 Å². The fourth-order valence-corrected chi connectivity index (χ4v) is 3.20. The van der Waals surface area contributed by atoms with E-state index in [4.69, 9.17) is 4.74 Å². The van der Waals surface area contributed by atoms with Crippen LogP contribution in [0.3, 0.4) is 0 Å². The number of nitrogens with one attached hydrogen (secondary N) is 2. The molecule has 4 aromatic rings. The molecule has 0 saturated carbocycles. The third-order valence-corrected chi connectivity index (χ3v) is 4.74. The van der Waals surface area contributed by atoms with Crippen LogP contribution in [0.4, 0.5) is 5.69 Å². The highest BCUT2D eigenvalue weighted by Gasteiger charge is 2.03. The van der Waals surface area contributed by atoms with Gasteiger partial charge >= 0.3 is 0 Å². The van der Waals surface area contributed by atoms with E-state index in [0.29, 0.717) is 6.61 Å². The summed E-state index contributed by atoms with van der Waals surface area (Å²) in [6.45, 7) is 0.629. The topological polar surface area (TPSA) is 62.7 Å². The summed E-state index contributed by atoms with van der Waals surface area (Å²) in [5, 5.41) is 9.43. The molecular formula is C26H23N3O2. The number of rotatable bonds is 8. The lowest BCUT2D eigenvalue weighted by molar-refractivity contribution is -0.119. The Balaban J connectivity index is 1.28. The zero-order valence-electron chi connectivity index (χ0n) is 17.0. The number of carbonyl (C=O) groups excluding carboxylic acids is 1. The lowest BCUT2D eigenvalue weighted by Gasteiger charge is -2.09. The van der Waals surface area contributed by atoms with Crippen molar-refractivity contribution in [2.24, 2.45) is 5.10 Å². The molecule has 4 aromatic carbocycles. The van der Waals surface area contributed by atoms with Gasteiger partial charge in [-0.1, -0.05) is 78.9 Å². The molecule has 0 radical (unpaired) electrons. The van der Waals surface area contributed by atoms with Crippen LogP contribution < -0.4 is 15.5 Å². The fraction of sp³-hybridized carbons (Fsp3) is 0.0769. The highest BCUT2D eigenvalue weighted by Crippen LogP contribution is 2.22. The van der Waals surface area contributed by atoms with Crippen LogP contribution >= 0.6 is 0 Å². The highest BCUT2D eigenvalue weighted by atomic mass is 16.5. The predicted molar refractivity (Wildman–Crippen MR) is 125 cm³/mol. The van der Waals surface area contributed by atoms with Crippen LogP contribution in [0.2, 0.25) is 0 Å². The van der Waals surface area contributed by atoms with Crippen LogP contribution in [0, 0.1) is 0 Å². The molecule has 0 fully saturated rings. The largest absolute Gasteiger partial charge is 0.489 e. The Hall–Kier alpha value is -4.12. The minimum absolute atomic E-state index is 0.131. The van der Waals surface area contributed by atoms with Crippen molar-refractivity contribution >= 4 is 28.6 Å². The van der Waals surface area contributed by atoms with E-state index >= 15 is 0 Å². The highest BCUT2D eigenvalue weighted by molar-refractivity contribution is 5.95. The molecule has 5 heteroatoms. The van der Waals surface area contributed by atoms with E-state index in [1.807, 2.05) is 97.1 Å². The first-order valence-electron chi connectivity index (χ1n) is 10.1. The molecule has 0 aromatic heterocycles. The molecule has 0 heterocycles. The molecule has 2 N–H and O–H groups in total. The van der Waals surface area contributed by atoms with E-state index in [-0.39, 0.29) is 12.5 Å². The van der Waals surface area contributed by atoms with E-state index < -0.39 is 0 Å². The van der Waals surface area contributed by atoms with Crippen molar-refractivity contribution in [3.8, 4) is 5.75 Å². The molecule has 0 aliphatic rings. The average molecular weight is 409 g/mol. The molecule has 0 saturated heterocycles. The molecule has 0 atom stereocenters. The fourth-order valence-electron chi connectivity index (χ4n) is 3.20. The van der Waals surface area contributed by atoms with Crippen molar-refractivity contribution in [2.45, 2.75) is 6.61 Å². The van der Waals surface area contributed by atoms with Gasteiger partial charge in [0, 0.05) is 11.1 Å². The number of hydrazone groups is 1. The Labute approximate surface area is 181 Å². The SMILES string of the molecule is O=C(CNc1cccc2ccccc12)N/N=C\c1cccc(OCc2ccccc2)c1. The monoisotopic (exact) mass is 409 g/mol. The number of benzene rings is 4. The van der Waals surface area contributed by atoms with E-state index in [1.54, 1.807) is 6.21 Å². The van der Waals surface area contributed by atoms with Gasteiger partial charge in [-0.25, -0.2) is 5.43 Å². The molecular weight excluding hydrogens is 386 g/mol. The number of carbonyl (C=O) groups is 1. The maximum absolute atomic E-state index is 12.2. The molecule has 0 spiro atoms. The summed E-state index contributed by atoms with van der Waals surface area (Å²) in [7, 11) is 0. The zero-order chi connectivity index (χ0) is 21.3. The van der Waals surface area contributed by atoms with Crippen LogP contribution in [0.1, 0.15) is 11.1 Å². The van der Waals surface area contributed by atoms with Crippen molar-refractivity contribution in [3.05, 3.63) is 108 Å². The molecule has 31 heavy (non-hydrogen) atoms. The molecule has 0 aliphatic heterocycles. The Morgan fingerprint density at radius 3 is 2.55 bits per heavy atom. The summed E-state index contributed by atoms with van der Waals surface area (Å²) in [5.41, 5.74) is 5.42. The minimum Gasteiger partial charge on any atom is -0.489 e. The quantitative estimate of drug-likeness (QED) is 0.319. The third-order valence-electron chi connectivity index (χ3n) is 4.74. The summed E-state index contributed by atoms with van der Waals surface area (Å²) < 4.78 is 5.82. The molecule has 0 aliphatic carbocycles. The van der Waals surface area contributed by atoms with Crippen LogP contribution in [-0.4, -0.2) is 18.7 Å². The maximum atomic E-state index is 12.2. The molecule has 0 bridgehead atoms. The summed E-state index contributed by atoms with van der Waals surface area (Å²) in [6, 6.07) is 31.6. The summed E-state index contributed by atoms with van der Waals surface area (Å²) in [6.07, 6.45) is 1.60. The van der Waals surface area contributed by atoms with E-state index in [1.165, 1.54) is 0 Å². The lowest BCUT2D eigenvalue weighted by Crippen LogP contribution is -2.25. The standard InChI is InChI=1S/C26H23N3O2/c30-26(18-27-25-15-7-12-22-11-4-5-14-24(22)25)29-28-17-21-10-6-13-23(16-21)31-19-20-8-2-1-3-9-20/h1-17,27H,18-19H2,(H,29,30)/b28-17-. The number of anilines is 1. The minimum atomic E-state index is -0.222. The second-order valence-corrected chi connectivity index (χ2v) is 7.02. The van der Waals surface area contributed by atoms with E-state index in [0.717, 1.165) is 33.3 Å². The van der Waals surface area contributed by atoms with E-state index in [9.17, 15) is 4.79 Å². The van der Waals surface area contributed by atoms with Crippen molar-refractivity contribution in [3.63, 3.8) is 0 Å². The van der Waals surface area contributed by atoms with Crippen molar-refractivity contribution < 1.29 is 9.53 Å². The second-order valence-electron chi connectivity index (χ2n) is 7.02. The van der Waals surface area contributed by atoms with Crippen LogP contribution in [-0.2, 0) is 11.4 Å². The van der Waals surface area contributed by atoms with Gasteiger partial charge in [0.05, 0.1) is 12.8 Å². The first kappa shape index (κ1) is 20.2. The molecule has 5 nitrogen and oxygen atoms in total. The van der Waals surface area contributed by atoms with Gasteiger partial charge in [-0.2, -0.15) is 5.10 Å². The van der Waals surface area contributed by atoms with Crippen molar-refractivity contribution in [1.82, 2.24) is 5.43 Å². The van der Waals surface area contributed by atoms with Gasteiger partial charge < -0.3 is 10.1 Å². The van der Waals surface area contributed by atoms with Crippen LogP contribution in [0.15, 0.2) is 102 Å². The van der Waals surface area contributed by atoms with Crippen LogP contribution in [0.25, 0.3) is 10.8 Å². The number of fused-ring (bicyclic) bond motifs is 1. The third kappa shape index (κ3) is 5.70. The number of nitrogens with zero attached hydrogens (tertiary/aromatic N) is 1. The smallest absolute Gasteiger partial charge is 0.259 e. The summed E-state index contributed by atoms with van der Waals surface area (Å²) >= 11 is 0. The van der Waals surface area contributed by atoms with Gasteiger partial charge in [-0.05, 0) is 34.7 Å². The van der Waals surface area contributed by atoms with Crippen molar-refractivity contribution in [2.75, 3.05) is 11.9 Å². The van der Waals surface area contributed by atoms with Gasteiger partial charge in [0.1, 0.15) is 12.4 Å². The second kappa shape index (κ2) is 10.1. The number of amides is 1. The Kier molecular flexibility index (Phi) is 6.55. The van der Waals surface area contributed by atoms with Gasteiger partial charge in [0.25, 0.3) is 5.91 Å². The Morgan fingerprint density at radius 1 is 0.871 bits per heavy atom. The van der Waals surface area contributed by atoms with Crippen LogP contribution in [0.5, 0.6) is 5.75 Å². The van der Waals surface area contributed by atoms with E-state index in [2.05, 4.69) is 15.8 Å². The Morgan fingerprint density at radius 2 is 1.65 bits per heavy atom. The molecule has 1 amide bonds. The number of hydrogen-bond donors (Lipinski definition) is 2. The average Bonchev–Trinajstić information content (AvgIpc) is 2.82. The Bertz CT molecular complexity index is 1180. The summed E-state index contributed by atoms with van der Waals surface area (Å²) in [5.74, 6) is 0.525. The molecule has 0 unspecified atom stereocenters. The molecule has 4 rings (SSSR count). The number of ether oxygens (including phenoxy) is 1. The first-order valence-corrected chi connectivity index (χ1v) is 10.1. The zero-order valence-corrected chi connectivity index (χ0v) is 17.0. The van der Waals surface area contributed by atoms with Gasteiger partial charge in [0.15, 0.2) is 0 Å². The first-order chi connectivity index (χ1) is 15.3. The molecule has 154 valence electrons.